The fraction of sp³-hybridized carbons (Fsp3) is 0.375. The van der Waals surface area contributed by atoms with Crippen LogP contribution in [-0.4, -0.2) is 30.2 Å². The topological polar surface area (TPSA) is 59.1 Å². The molecule has 2 N–H and O–H groups in total. The lowest BCUT2D eigenvalue weighted by Crippen LogP contribution is -2.08. The highest BCUT2D eigenvalue weighted by atomic mass is 16.5. The third-order valence-electron chi connectivity index (χ3n) is 3.11. The molecule has 2 aromatic rings. The molecule has 0 spiro atoms. The molecule has 0 amide bonds. The number of nitrogens with zero attached hydrogens (tertiary/aromatic N) is 2. The molecule has 0 fully saturated rings. The normalized spacial score (nSPS) is 10.4. The van der Waals surface area contributed by atoms with E-state index in [0.717, 1.165) is 31.1 Å². The first kappa shape index (κ1) is 15.3. The van der Waals surface area contributed by atoms with E-state index in [1.807, 2.05) is 6.07 Å². The fourth-order valence-corrected chi connectivity index (χ4v) is 2.02. The molecule has 5 heteroatoms. The van der Waals surface area contributed by atoms with Crippen LogP contribution in [0.1, 0.15) is 17.5 Å². The van der Waals surface area contributed by atoms with Gasteiger partial charge in [-0.15, -0.1) is 0 Å². The highest BCUT2D eigenvalue weighted by molar-refractivity contribution is 5.61. The molecule has 0 bridgehead atoms. The van der Waals surface area contributed by atoms with E-state index in [1.54, 1.807) is 13.3 Å². The summed E-state index contributed by atoms with van der Waals surface area (Å²) < 4.78 is 5.01. The lowest BCUT2D eigenvalue weighted by Gasteiger charge is -2.11. The molecule has 0 saturated carbocycles. The molecule has 2 rings (SSSR count). The maximum atomic E-state index is 5.01. The Kier molecular flexibility index (Phi) is 5.51. The van der Waals surface area contributed by atoms with Gasteiger partial charge in [-0.3, -0.25) is 0 Å². The quantitative estimate of drug-likeness (QED) is 0.765. The molecule has 21 heavy (non-hydrogen) atoms. The Labute approximate surface area is 125 Å². The second-order valence-electron chi connectivity index (χ2n) is 4.98. The molecule has 0 aliphatic heterocycles. The number of methoxy groups -OCH3 is 1. The predicted molar refractivity (Wildman–Crippen MR) is 86.2 cm³/mol. The first-order valence-electron chi connectivity index (χ1n) is 7.09. The van der Waals surface area contributed by atoms with Gasteiger partial charge in [0.25, 0.3) is 0 Å². The van der Waals surface area contributed by atoms with Gasteiger partial charge in [0.15, 0.2) is 0 Å². The van der Waals surface area contributed by atoms with E-state index >= 15 is 0 Å². The molecule has 0 atom stereocenters. The van der Waals surface area contributed by atoms with Gasteiger partial charge < -0.3 is 15.4 Å². The van der Waals surface area contributed by atoms with Crippen molar-refractivity contribution in [2.75, 3.05) is 30.9 Å². The van der Waals surface area contributed by atoms with Crippen molar-refractivity contribution in [3.8, 4) is 0 Å². The molecule has 0 aliphatic carbocycles. The number of rotatable bonds is 7. The molecule has 0 unspecified atom stereocenters. The third-order valence-corrected chi connectivity index (χ3v) is 3.11. The molecule has 112 valence electrons. The minimum Gasteiger partial charge on any atom is -0.385 e. The summed E-state index contributed by atoms with van der Waals surface area (Å²) >= 11 is 0. The molecule has 0 radical (unpaired) electrons. The highest BCUT2D eigenvalue weighted by Gasteiger charge is 2.02. The van der Waals surface area contributed by atoms with Gasteiger partial charge in [0.2, 0.25) is 5.95 Å². The lowest BCUT2D eigenvalue weighted by molar-refractivity contribution is 0.197. The molecule has 1 aromatic carbocycles. The van der Waals surface area contributed by atoms with Crippen molar-refractivity contribution >= 4 is 17.5 Å². The minimum atomic E-state index is 0.626. The van der Waals surface area contributed by atoms with Crippen molar-refractivity contribution < 1.29 is 4.74 Å². The van der Waals surface area contributed by atoms with E-state index in [2.05, 4.69) is 52.6 Å². The molecule has 0 aliphatic rings. The van der Waals surface area contributed by atoms with Crippen LogP contribution in [0.4, 0.5) is 17.5 Å². The average Bonchev–Trinajstić information content (AvgIpc) is 2.47. The Morgan fingerprint density at radius 3 is 2.81 bits per heavy atom. The summed E-state index contributed by atoms with van der Waals surface area (Å²) in [6.07, 6.45) is 2.67. The SMILES string of the molecule is COCCCNc1nccc(Nc2ccc(C)cc2C)n1. The monoisotopic (exact) mass is 286 g/mol. The van der Waals surface area contributed by atoms with Gasteiger partial charge in [0.05, 0.1) is 0 Å². The van der Waals surface area contributed by atoms with E-state index in [1.165, 1.54) is 11.1 Å². The van der Waals surface area contributed by atoms with Gasteiger partial charge in [0.1, 0.15) is 5.82 Å². The van der Waals surface area contributed by atoms with E-state index in [4.69, 9.17) is 4.74 Å². The maximum absolute atomic E-state index is 5.01. The van der Waals surface area contributed by atoms with Crippen LogP contribution < -0.4 is 10.6 Å². The standard InChI is InChI=1S/C16H22N4O/c1-12-5-6-14(13(2)11-12)19-15-7-9-18-16(20-15)17-8-4-10-21-3/h5-7,9,11H,4,8,10H2,1-3H3,(H2,17,18,19,20). The van der Waals surface area contributed by atoms with Crippen molar-refractivity contribution in [3.05, 3.63) is 41.6 Å². The second-order valence-corrected chi connectivity index (χ2v) is 4.98. The van der Waals surface area contributed by atoms with E-state index < -0.39 is 0 Å². The number of ether oxygens (including phenoxy) is 1. The smallest absolute Gasteiger partial charge is 0.224 e. The summed E-state index contributed by atoms with van der Waals surface area (Å²) in [5, 5.41) is 6.51. The zero-order valence-corrected chi connectivity index (χ0v) is 12.8. The Morgan fingerprint density at radius 2 is 2.05 bits per heavy atom. The number of hydrogen-bond acceptors (Lipinski definition) is 5. The third kappa shape index (κ3) is 4.72. The summed E-state index contributed by atoms with van der Waals surface area (Å²) in [7, 11) is 1.70. The zero-order chi connectivity index (χ0) is 15.1. The minimum absolute atomic E-state index is 0.626. The number of hydrogen-bond donors (Lipinski definition) is 2. The van der Waals surface area contributed by atoms with Crippen LogP contribution in [0.25, 0.3) is 0 Å². The Morgan fingerprint density at radius 1 is 1.19 bits per heavy atom. The van der Waals surface area contributed by atoms with Gasteiger partial charge in [-0.25, -0.2) is 4.98 Å². The van der Waals surface area contributed by atoms with E-state index in [9.17, 15) is 0 Å². The van der Waals surface area contributed by atoms with Crippen LogP contribution in [-0.2, 0) is 4.74 Å². The number of aryl methyl sites for hydroxylation is 2. The van der Waals surface area contributed by atoms with Crippen LogP contribution in [0, 0.1) is 13.8 Å². The van der Waals surface area contributed by atoms with E-state index in [-0.39, 0.29) is 0 Å². The number of nitrogens with one attached hydrogen (secondary N) is 2. The first-order chi connectivity index (χ1) is 10.2. The van der Waals surface area contributed by atoms with Crippen LogP contribution in [0.3, 0.4) is 0 Å². The Hall–Kier alpha value is -2.14. The number of anilines is 3. The Bertz CT molecular complexity index is 586. The predicted octanol–water partition coefficient (Wildman–Crippen LogP) is 3.29. The van der Waals surface area contributed by atoms with Crippen LogP contribution in [0.15, 0.2) is 30.5 Å². The summed E-state index contributed by atoms with van der Waals surface area (Å²) in [5.41, 5.74) is 3.51. The van der Waals surface area contributed by atoms with Crippen molar-refractivity contribution in [3.63, 3.8) is 0 Å². The summed E-state index contributed by atoms with van der Waals surface area (Å²) in [4.78, 5) is 8.67. The molecule has 5 nitrogen and oxygen atoms in total. The number of aromatic nitrogens is 2. The average molecular weight is 286 g/mol. The summed E-state index contributed by atoms with van der Waals surface area (Å²) in [6.45, 7) is 5.69. The van der Waals surface area contributed by atoms with Gasteiger partial charge >= 0.3 is 0 Å². The second kappa shape index (κ2) is 7.59. The molecule has 1 aromatic heterocycles. The molecule has 1 heterocycles. The van der Waals surface area contributed by atoms with Gasteiger partial charge in [-0.2, -0.15) is 4.98 Å². The molecular weight excluding hydrogens is 264 g/mol. The van der Waals surface area contributed by atoms with Crippen LogP contribution >= 0.6 is 0 Å². The molecular formula is C16H22N4O. The van der Waals surface area contributed by atoms with E-state index in [0.29, 0.717) is 5.95 Å². The largest absolute Gasteiger partial charge is 0.385 e. The van der Waals surface area contributed by atoms with Crippen molar-refractivity contribution in [2.45, 2.75) is 20.3 Å². The zero-order valence-electron chi connectivity index (χ0n) is 12.8. The maximum Gasteiger partial charge on any atom is 0.224 e. The van der Waals surface area contributed by atoms with Gasteiger partial charge in [0, 0.05) is 32.1 Å². The van der Waals surface area contributed by atoms with Gasteiger partial charge in [-0.05, 0) is 38.0 Å². The highest BCUT2D eigenvalue weighted by Crippen LogP contribution is 2.20. The first-order valence-corrected chi connectivity index (χ1v) is 7.09. The summed E-state index contributed by atoms with van der Waals surface area (Å²) in [6, 6.07) is 8.16. The molecule has 0 saturated heterocycles. The van der Waals surface area contributed by atoms with Crippen molar-refractivity contribution in [1.29, 1.82) is 0 Å². The Balaban J connectivity index is 2.00. The number of benzene rings is 1. The van der Waals surface area contributed by atoms with Gasteiger partial charge in [-0.1, -0.05) is 17.7 Å². The van der Waals surface area contributed by atoms with Crippen LogP contribution in [0.5, 0.6) is 0 Å². The lowest BCUT2D eigenvalue weighted by atomic mass is 10.1. The van der Waals surface area contributed by atoms with Crippen molar-refractivity contribution in [2.24, 2.45) is 0 Å². The fourth-order valence-electron chi connectivity index (χ4n) is 2.02. The van der Waals surface area contributed by atoms with Crippen LogP contribution in [0.2, 0.25) is 0 Å². The summed E-state index contributed by atoms with van der Waals surface area (Å²) in [5.74, 6) is 1.41. The van der Waals surface area contributed by atoms with Crippen molar-refractivity contribution in [1.82, 2.24) is 9.97 Å².